The number of rotatable bonds is 3. The lowest BCUT2D eigenvalue weighted by Crippen LogP contribution is -2.47. The molecule has 2 rings (SSSR count). The molecule has 1 amide bonds. The molecule has 1 saturated heterocycles. The molecule has 0 aliphatic carbocycles. The Labute approximate surface area is 121 Å². The average Bonchev–Trinajstić information content (AvgIpc) is 2.75. The van der Waals surface area contributed by atoms with Crippen molar-refractivity contribution in [2.75, 3.05) is 33.2 Å². The Kier molecular flexibility index (Phi) is 4.48. The lowest BCUT2D eigenvalue weighted by Gasteiger charge is -2.32. The third-order valence-electron chi connectivity index (χ3n) is 4.08. The van der Waals surface area contributed by atoms with Crippen molar-refractivity contribution in [3.8, 4) is 0 Å². The van der Waals surface area contributed by atoms with Gasteiger partial charge >= 0.3 is 0 Å². The van der Waals surface area contributed by atoms with Gasteiger partial charge in [-0.2, -0.15) is 5.10 Å². The van der Waals surface area contributed by atoms with Crippen molar-refractivity contribution in [1.29, 1.82) is 0 Å². The third-order valence-corrected chi connectivity index (χ3v) is 4.08. The summed E-state index contributed by atoms with van der Waals surface area (Å²) in [5, 5.41) is 4.57. The first kappa shape index (κ1) is 15.0. The molecule has 0 N–H and O–H groups in total. The molecular formula is C15H26N4O. The molecule has 1 aliphatic heterocycles. The van der Waals surface area contributed by atoms with E-state index in [1.54, 1.807) is 0 Å². The molecule has 0 atom stereocenters. The molecule has 0 unspecified atom stereocenters. The lowest BCUT2D eigenvalue weighted by atomic mass is 10.0. The summed E-state index contributed by atoms with van der Waals surface area (Å²) in [7, 11) is 4.04. The molecule has 2 heterocycles. The minimum Gasteiger partial charge on any atom is -0.336 e. The summed E-state index contributed by atoms with van der Waals surface area (Å²) in [5.74, 6) is 0.430. The highest BCUT2D eigenvalue weighted by Crippen LogP contribution is 2.24. The van der Waals surface area contributed by atoms with Crippen LogP contribution in [0.25, 0.3) is 0 Å². The zero-order valence-corrected chi connectivity index (χ0v) is 13.3. The molecule has 0 saturated carbocycles. The Morgan fingerprint density at radius 2 is 1.80 bits per heavy atom. The van der Waals surface area contributed by atoms with Gasteiger partial charge in [0.15, 0.2) is 0 Å². The predicted octanol–water partition coefficient (Wildman–Crippen LogP) is 1.49. The average molecular weight is 278 g/mol. The Morgan fingerprint density at radius 3 is 2.30 bits per heavy atom. The van der Waals surface area contributed by atoms with Gasteiger partial charge in [-0.05, 0) is 19.4 Å². The molecule has 0 spiro atoms. The van der Waals surface area contributed by atoms with Crippen LogP contribution in [0, 0.1) is 0 Å². The van der Waals surface area contributed by atoms with Crippen LogP contribution in [0.3, 0.4) is 0 Å². The van der Waals surface area contributed by atoms with Gasteiger partial charge in [0.05, 0.1) is 17.0 Å². The summed E-state index contributed by atoms with van der Waals surface area (Å²) in [5.41, 5.74) is 2.83. The van der Waals surface area contributed by atoms with Gasteiger partial charge in [-0.3, -0.25) is 9.48 Å². The van der Waals surface area contributed by atoms with E-state index in [1.165, 1.54) is 0 Å². The van der Waals surface area contributed by atoms with E-state index in [4.69, 9.17) is 0 Å². The van der Waals surface area contributed by atoms with E-state index in [-0.39, 0.29) is 11.8 Å². The molecule has 1 fully saturated rings. The van der Waals surface area contributed by atoms with Crippen LogP contribution < -0.4 is 0 Å². The number of nitrogens with zero attached hydrogens (tertiary/aromatic N) is 4. The monoisotopic (exact) mass is 278 g/mol. The van der Waals surface area contributed by atoms with Gasteiger partial charge in [-0.25, -0.2) is 0 Å². The predicted molar refractivity (Wildman–Crippen MR) is 80.1 cm³/mol. The molecule has 112 valence electrons. The Hall–Kier alpha value is -1.36. The Bertz CT molecular complexity index is 484. The molecule has 1 aromatic rings. The standard InChI is InChI=1S/C15H26N4O/c1-6-12-13(14(11(2)3)16-18(12)5)15(20)19-9-7-17(4)8-10-19/h11H,6-10H2,1-5H3. The highest BCUT2D eigenvalue weighted by atomic mass is 16.2. The first-order valence-corrected chi connectivity index (χ1v) is 7.49. The second kappa shape index (κ2) is 5.95. The van der Waals surface area contributed by atoms with Crippen LogP contribution in [0.5, 0.6) is 0 Å². The van der Waals surface area contributed by atoms with Crippen molar-refractivity contribution < 1.29 is 4.79 Å². The van der Waals surface area contributed by atoms with Crippen molar-refractivity contribution in [3.63, 3.8) is 0 Å². The molecule has 20 heavy (non-hydrogen) atoms. The fraction of sp³-hybridized carbons (Fsp3) is 0.733. The van der Waals surface area contributed by atoms with E-state index in [9.17, 15) is 4.79 Å². The van der Waals surface area contributed by atoms with Crippen molar-refractivity contribution in [3.05, 3.63) is 17.0 Å². The molecule has 0 aromatic carbocycles. The zero-order chi connectivity index (χ0) is 14.9. The van der Waals surface area contributed by atoms with Crippen LogP contribution >= 0.6 is 0 Å². The van der Waals surface area contributed by atoms with Crippen LogP contribution in [0.2, 0.25) is 0 Å². The summed E-state index contributed by atoms with van der Waals surface area (Å²) < 4.78 is 1.87. The summed E-state index contributed by atoms with van der Waals surface area (Å²) in [6.45, 7) is 9.80. The van der Waals surface area contributed by atoms with E-state index >= 15 is 0 Å². The molecule has 0 bridgehead atoms. The maximum Gasteiger partial charge on any atom is 0.257 e. The van der Waals surface area contributed by atoms with Gasteiger partial charge in [-0.15, -0.1) is 0 Å². The number of aromatic nitrogens is 2. The molecule has 1 aliphatic rings. The fourth-order valence-electron chi connectivity index (χ4n) is 2.79. The summed E-state index contributed by atoms with van der Waals surface area (Å²) in [6.07, 6.45) is 0.838. The number of carbonyl (C=O) groups excluding carboxylic acids is 1. The molecule has 5 nitrogen and oxygen atoms in total. The SMILES string of the molecule is CCc1c(C(=O)N2CCN(C)CC2)c(C(C)C)nn1C. The van der Waals surface area contributed by atoms with E-state index in [1.807, 2.05) is 16.6 Å². The van der Waals surface area contributed by atoms with Gasteiger partial charge in [0.2, 0.25) is 0 Å². The van der Waals surface area contributed by atoms with Crippen LogP contribution in [0.15, 0.2) is 0 Å². The second-order valence-corrected chi connectivity index (χ2v) is 5.93. The van der Waals surface area contributed by atoms with Crippen LogP contribution in [-0.4, -0.2) is 58.7 Å². The van der Waals surface area contributed by atoms with E-state index in [0.29, 0.717) is 0 Å². The largest absolute Gasteiger partial charge is 0.336 e. The maximum absolute atomic E-state index is 12.9. The van der Waals surface area contributed by atoms with Gasteiger partial charge in [0.25, 0.3) is 5.91 Å². The van der Waals surface area contributed by atoms with E-state index < -0.39 is 0 Å². The van der Waals surface area contributed by atoms with Crippen molar-refractivity contribution in [2.24, 2.45) is 7.05 Å². The number of hydrogen-bond acceptors (Lipinski definition) is 3. The first-order chi connectivity index (χ1) is 9.45. The van der Waals surface area contributed by atoms with E-state index in [2.05, 4.69) is 37.8 Å². The first-order valence-electron chi connectivity index (χ1n) is 7.49. The highest BCUT2D eigenvalue weighted by molar-refractivity contribution is 5.96. The van der Waals surface area contributed by atoms with Gasteiger partial charge in [-0.1, -0.05) is 20.8 Å². The normalized spacial score (nSPS) is 17.0. The number of hydrogen-bond donors (Lipinski definition) is 0. The smallest absolute Gasteiger partial charge is 0.257 e. The van der Waals surface area contributed by atoms with Gasteiger partial charge in [0.1, 0.15) is 0 Å². The highest BCUT2D eigenvalue weighted by Gasteiger charge is 2.28. The molecule has 0 radical (unpaired) electrons. The maximum atomic E-state index is 12.9. The second-order valence-electron chi connectivity index (χ2n) is 5.93. The topological polar surface area (TPSA) is 41.4 Å². The van der Waals surface area contributed by atoms with Crippen molar-refractivity contribution in [1.82, 2.24) is 19.6 Å². The van der Waals surface area contributed by atoms with Gasteiger partial charge < -0.3 is 9.80 Å². The van der Waals surface area contributed by atoms with Gasteiger partial charge in [0, 0.05) is 33.2 Å². The van der Waals surface area contributed by atoms with Crippen molar-refractivity contribution in [2.45, 2.75) is 33.1 Å². The zero-order valence-electron chi connectivity index (χ0n) is 13.3. The van der Waals surface area contributed by atoms with Crippen LogP contribution in [-0.2, 0) is 13.5 Å². The Morgan fingerprint density at radius 1 is 1.20 bits per heavy atom. The number of amides is 1. The minimum atomic E-state index is 0.159. The summed E-state index contributed by atoms with van der Waals surface area (Å²) in [4.78, 5) is 17.1. The van der Waals surface area contributed by atoms with E-state index in [0.717, 1.165) is 49.6 Å². The molecule has 1 aromatic heterocycles. The molecule has 5 heteroatoms. The quantitative estimate of drug-likeness (QED) is 0.841. The number of aryl methyl sites for hydroxylation is 1. The number of carbonyl (C=O) groups is 1. The summed E-state index contributed by atoms with van der Waals surface area (Å²) >= 11 is 0. The lowest BCUT2D eigenvalue weighted by molar-refractivity contribution is 0.0661. The molecular weight excluding hydrogens is 252 g/mol. The van der Waals surface area contributed by atoms with Crippen LogP contribution in [0.4, 0.5) is 0 Å². The van der Waals surface area contributed by atoms with Crippen molar-refractivity contribution >= 4 is 5.91 Å². The number of likely N-dealkylation sites (N-methyl/N-ethyl adjacent to an activating group) is 1. The fourth-order valence-corrected chi connectivity index (χ4v) is 2.79. The number of piperazine rings is 1. The Balaban J connectivity index is 2.33. The summed E-state index contributed by atoms with van der Waals surface area (Å²) in [6, 6.07) is 0. The third kappa shape index (κ3) is 2.73. The minimum absolute atomic E-state index is 0.159. The van der Waals surface area contributed by atoms with Crippen LogP contribution in [0.1, 0.15) is 48.4 Å².